The molecule has 100 valence electrons. The van der Waals surface area contributed by atoms with Crippen molar-refractivity contribution in [3.63, 3.8) is 0 Å². The maximum Gasteiger partial charge on any atom is 0.119 e. The van der Waals surface area contributed by atoms with Gasteiger partial charge in [-0.15, -0.1) is 0 Å². The van der Waals surface area contributed by atoms with Gasteiger partial charge in [-0.1, -0.05) is 26.8 Å². The molecule has 1 aromatic carbocycles. The Morgan fingerprint density at radius 2 is 1.83 bits per heavy atom. The Morgan fingerprint density at radius 1 is 1.17 bits per heavy atom. The van der Waals surface area contributed by atoms with Crippen molar-refractivity contribution in [2.24, 2.45) is 5.41 Å². The summed E-state index contributed by atoms with van der Waals surface area (Å²) in [5.74, 6) is 0.888. The number of aliphatic hydroxyl groups is 1. The molecule has 0 spiro atoms. The van der Waals surface area contributed by atoms with Crippen LogP contribution in [0.15, 0.2) is 18.2 Å². The molecular formula is C16H24O2. The summed E-state index contributed by atoms with van der Waals surface area (Å²) in [7, 11) is 0. The molecular weight excluding hydrogens is 224 g/mol. The molecule has 1 aliphatic rings. The van der Waals surface area contributed by atoms with Crippen molar-refractivity contribution >= 4 is 0 Å². The number of hydrogen-bond donors (Lipinski definition) is 1. The Hall–Kier alpha value is -1.02. The van der Waals surface area contributed by atoms with E-state index >= 15 is 0 Å². The molecule has 1 aromatic rings. The van der Waals surface area contributed by atoms with Crippen LogP contribution in [0.1, 0.15) is 44.7 Å². The number of hydrogen-bond acceptors (Lipinski definition) is 2. The lowest BCUT2D eigenvalue weighted by molar-refractivity contribution is 0.0218. The number of rotatable bonds is 3. The normalized spacial score (nSPS) is 17.1. The first kappa shape index (κ1) is 13.4. The molecule has 2 heteroatoms. The van der Waals surface area contributed by atoms with Crippen LogP contribution in [0.2, 0.25) is 0 Å². The molecule has 2 rings (SSSR count). The highest BCUT2D eigenvalue weighted by molar-refractivity contribution is 5.37. The van der Waals surface area contributed by atoms with Gasteiger partial charge in [-0.05, 0) is 54.4 Å². The van der Waals surface area contributed by atoms with Crippen LogP contribution in [0.4, 0.5) is 0 Å². The zero-order valence-corrected chi connectivity index (χ0v) is 11.7. The maximum atomic E-state index is 9.96. The van der Waals surface area contributed by atoms with Crippen LogP contribution < -0.4 is 4.74 Å². The molecule has 0 amide bonds. The highest BCUT2D eigenvalue weighted by Gasteiger charge is 2.22. The van der Waals surface area contributed by atoms with Crippen LogP contribution >= 0.6 is 0 Å². The Bertz CT molecular complexity index is 404. The van der Waals surface area contributed by atoms with E-state index in [1.54, 1.807) is 0 Å². The fourth-order valence-electron chi connectivity index (χ4n) is 2.22. The van der Waals surface area contributed by atoms with Gasteiger partial charge < -0.3 is 9.84 Å². The fraction of sp³-hybridized carbons (Fsp3) is 0.625. The average molecular weight is 248 g/mol. The fourth-order valence-corrected chi connectivity index (χ4v) is 2.22. The van der Waals surface area contributed by atoms with Crippen LogP contribution in [-0.4, -0.2) is 17.8 Å². The van der Waals surface area contributed by atoms with E-state index in [9.17, 15) is 5.11 Å². The van der Waals surface area contributed by atoms with Gasteiger partial charge in [0.25, 0.3) is 0 Å². The SMILES string of the molecule is CC(C)(C)C(O)COc1ccc2c(c1)CCCC2. The average Bonchev–Trinajstić information content (AvgIpc) is 2.34. The molecule has 0 bridgehead atoms. The van der Waals surface area contributed by atoms with Crippen LogP contribution in [0.25, 0.3) is 0 Å². The maximum absolute atomic E-state index is 9.96. The highest BCUT2D eigenvalue weighted by atomic mass is 16.5. The topological polar surface area (TPSA) is 29.5 Å². The van der Waals surface area contributed by atoms with Crippen molar-refractivity contribution in [1.82, 2.24) is 0 Å². The van der Waals surface area contributed by atoms with E-state index in [-0.39, 0.29) is 5.41 Å². The van der Waals surface area contributed by atoms with Gasteiger partial charge in [-0.25, -0.2) is 0 Å². The number of ether oxygens (including phenoxy) is 1. The van der Waals surface area contributed by atoms with E-state index in [1.807, 2.05) is 26.8 Å². The second-order valence-electron chi connectivity index (χ2n) is 6.33. The third kappa shape index (κ3) is 3.26. The molecule has 1 unspecified atom stereocenters. The summed E-state index contributed by atoms with van der Waals surface area (Å²) in [5, 5.41) is 9.96. The third-order valence-electron chi connectivity index (χ3n) is 3.73. The van der Waals surface area contributed by atoms with E-state index < -0.39 is 6.10 Å². The van der Waals surface area contributed by atoms with Crippen LogP contribution in [0.5, 0.6) is 5.75 Å². The number of fused-ring (bicyclic) bond motifs is 1. The Balaban J connectivity index is 1.98. The largest absolute Gasteiger partial charge is 0.491 e. The van der Waals surface area contributed by atoms with Gasteiger partial charge in [-0.3, -0.25) is 0 Å². The van der Waals surface area contributed by atoms with Crippen molar-refractivity contribution in [2.75, 3.05) is 6.61 Å². The number of aliphatic hydroxyl groups excluding tert-OH is 1. The molecule has 0 aromatic heterocycles. The Kier molecular flexibility index (Phi) is 3.96. The molecule has 0 saturated heterocycles. The number of aryl methyl sites for hydroxylation is 2. The molecule has 1 N–H and O–H groups in total. The monoisotopic (exact) mass is 248 g/mol. The standard InChI is InChI=1S/C16H24O2/c1-16(2,3)15(17)11-18-14-9-8-12-6-4-5-7-13(12)10-14/h8-10,15,17H,4-7,11H2,1-3H3. The van der Waals surface area contributed by atoms with E-state index in [0.29, 0.717) is 6.61 Å². The minimum atomic E-state index is -0.437. The quantitative estimate of drug-likeness (QED) is 0.889. The molecule has 0 saturated carbocycles. The van der Waals surface area contributed by atoms with Crippen molar-refractivity contribution < 1.29 is 9.84 Å². The van der Waals surface area contributed by atoms with Crippen molar-refractivity contribution in [1.29, 1.82) is 0 Å². The zero-order valence-electron chi connectivity index (χ0n) is 11.7. The lowest BCUT2D eigenvalue weighted by Crippen LogP contribution is -2.31. The first-order valence-electron chi connectivity index (χ1n) is 6.89. The van der Waals surface area contributed by atoms with Gasteiger partial charge in [0, 0.05) is 0 Å². The van der Waals surface area contributed by atoms with Gasteiger partial charge in [0.15, 0.2) is 0 Å². The lowest BCUT2D eigenvalue weighted by Gasteiger charge is -2.26. The second-order valence-corrected chi connectivity index (χ2v) is 6.33. The predicted octanol–water partition coefficient (Wildman–Crippen LogP) is 3.35. The summed E-state index contributed by atoms with van der Waals surface area (Å²) in [4.78, 5) is 0. The third-order valence-corrected chi connectivity index (χ3v) is 3.73. The van der Waals surface area contributed by atoms with E-state index in [1.165, 1.54) is 30.4 Å². The summed E-state index contributed by atoms with van der Waals surface area (Å²) in [6.07, 6.45) is 4.50. The molecule has 0 radical (unpaired) electrons. The molecule has 1 aliphatic carbocycles. The Labute approximate surface area is 110 Å². The molecule has 0 heterocycles. The van der Waals surface area contributed by atoms with Crippen LogP contribution in [0.3, 0.4) is 0 Å². The first-order chi connectivity index (χ1) is 8.47. The first-order valence-corrected chi connectivity index (χ1v) is 6.89. The smallest absolute Gasteiger partial charge is 0.119 e. The zero-order chi connectivity index (χ0) is 13.2. The molecule has 18 heavy (non-hydrogen) atoms. The van der Waals surface area contributed by atoms with Gasteiger partial charge in [0.05, 0.1) is 6.10 Å². The van der Waals surface area contributed by atoms with Crippen molar-refractivity contribution in [2.45, 2.75) is 52.6 Å². The lowest BCUT2D eigenvalue weighted by atomic mass is 9.90. The summed E-state index contributed by atoms with van der Waals surface area (Å²) < 4.78 is 5.71. The van der Waals surface area contributed by atoms with E-state index in [4.69, 9.17) is 4.74 Å². The van der Waals surface area contributed by atoms with Gasteiger partial charge in [0.1, 0.15) is 12.4 Å². The minimum Gasteiger partial charge on any atom is -0.491 e. The minimum absolute atomic E-state index is 0.131. The summed E-state index contributed by atoms with van der Waals surface area (Å²) in [6.45, 7) is 6.43. The molecule has 0 fully saturated rings. The van der Waals surface area contributed by atoms with Crippen molar-refractivity contribution in [3.8, 4) is 5.75 Å². The Morgan fingerprint density at radius 3 is 2.50 bits per heavy atom. The molecule has 2 nitrogen and oxygen atoms in total. The summed E-state index contributed by atoms with van der Waals surface area (Å²) in [5.41, 5.74) is 2.75. The highest BCUT2D eigenvalue weighted by Crippen LogP contribution is 2.26. The van der Waals surface area contributed by atoms with E-state index in [0.717, 1.165) is 12.2 Å². The molecule has 0 aliphatic heterocycles. The molecule has 1 atom stereocenters. The summed E-state index contributed by atoms with van der Waals surface area (Å²) >= 11 is 0. The second kappa shape index (κ2) is 5.31. The predicted molar refractivity (Wildman–Crippen MR) is 74.0 cm³/mol. The van der Waals surface area contributed by atoms with Gasteiger partial charge >= 0.3 is 0 Å². The van der Waals surface area contributed by atoms with Crippen molar-refractivity contribution in [3.05, 3.63) is 29.3 Å². The van der Waals surface area contributed by atoms with Gasteiger partial charge in [-0.2, -0.15) is 0 Å². The van der Waals surface area contributed by atoms with E-state index in [2.05, 4.69) is 12.1 Å². The summed E-state index contributed by atoms with van der Waals surface area (Å²) in [6, 6.07) is 6.34. The van der Waals surface area contributed by atoms with Crippen LogP contribution in [-0.2, 0) is 12.8 Å². The van der Waals surface area contributed by atoms with Crippen LogP contribution in [0, 0.1) is 5.41 Å². The van der Waals surface area contributed by atoms with Gasteiger partial charge in [0.2, 0.25) is 0 Å². The number of benzene rings is 1.